The van der Waals surface area contributed by atoms with E-state index in [1.54, 1.807) is 0 Å². The molecular formula is C19H21F3N4O3. The molecule has 2 amide bonds. The normalized spacial score (nSPS) is 19.3. The van der Waals surface area contributed by atoms with E-state index in [9.17, 15) is 18.0 Å². The summed E-state index contributed by atoms with van der Waals surface area (Å²) in [5.41, 5.74) is -0.725. The van der Waals surface area contributed by atoms with Crippen LogP contribution in [-0.4, -0.2) is 35.3 Å². The molecule has 10 heteroatoms. The largest absolute Gasteiger partial charge is 0.477 e. The summed E-state index contributed by atoms with van der Waals surface area (Å²) in [6.45, 7) is 0. The van der Waals surface area contributed by atoms with Gasteiger partial charge in [0.05, 0.1) is 12.7 Å². The fourth-order valence-electron chi connectivity index (χ4n) is 3.14. The lowest BCUT2D eigenvalue weighted by Crippen LogP contribution is -2.41. The number of carbonyl (C=O) groups is 1. The molecule has 1 aliphatic rings. The number of amides is 2. The number of carbonyl (C=O) groups excluding carboxylic acids is 1. The third-order valence-electron chi connectivity index (χ3n) is 4.56. The van der Waals surface area contributed by atoms with Crippen molar-refractivity contribution >= 4 is 11.7 Å². The van der Waals surface area contributed by atoms with Crippen LogP contribution in [0.4, 0.5) is 23.7 Å². The van der Waals surface area contributed by atoms with Crippen molar-refractivity contribution in [2.75, 3.05) is 12.4 Å². The van der Waals surface area contributed by atoms with Crippen LogP contribution in [0.2, 0.25) is 0 Å². The molecule has 0 aliphatic heterocycles. The molecule has 156 valence electrons. The number of ether oxygens (including phenoxy) is 2. The fraction of sp³-hybridized carbons (Fsp3) is 0.421. The van der Waals surface area contributed by atoms with E-state index in [1.807, 2.05) is 0 Å². The Hall–Kier alpha value is -3.04. The Morgan fingerprint density at radius 1 is 1.10 bits per heavy atom. The Balaban J connectivity index is 1.47. The predicted octanol–water partition coefficient (Wildman–Crippen LogP) is 4.02. The second-order valence-electron chi connectivity index (χ2n) is 6.64. The monoisotopic (exact) mass is 410 g/mol. The molecule has 1 aromatic heterocycles. The molecule has 1 aliphatic carbocycles. The van der Waals surface area contributed by atoms with Crippen molar-refractivity contribution in [2.24, 2.45) is 0 Å². The van der Waals surface area contributed by atoms with Gasteiger partial charge in [-0.1, -0.05) is 6.07 Å². The Morgan fingerprint density at radius 3 is 2.45 bits per heavy atom. The number of nitrogens with zero attached hydrogens (tertiary/aromatic N) is 2. The van der Waals surface area contributed by atoms with Gasteiger partial charge in [0.2, 0.25) is 0 Å². The minimum Gasteiger partial charge on any atom is -0.477 e. The van der Waals surface area contributed by atoms with Gasteiger partial charge < -0.3 is 20.1 Å². The average molecular weight is 410 g/mol. The molecule has 1 heterocycles. The van der Waals surface area contributed by atoms with E-state index in [1.165, 1.54) is 31.6 Å². The van der Waals surface area contributed by atoms with Gasteiger partial charge in [-0.2, -0.15) is 13.2 Å². The van der Waals surface area contributed by atoms with Crippen LogP contribution in [0, 0.1) is 0 Å². The van der Waals surface area contributed by atoms with Crippen LogP contribution < -0.4 is 20.1 Å². The molecule has 1 fully saturated rings. The summed E-state index contributed by atoms with van der Waals surface area (Å²) in [5, 5.41) is 5.24. The number of alkyl halides is 3. The highest BCUT2D eigenvalue weighted by Crippen LogP contribution is 2.31. The van der Waals surface area contributed by atoms with Crippen molar-refractivity contribution in [2.45, 2.75) is 44.0 Å². The van der Waals surface area contributed by atoms with Crippen LogP contribution in [0.5, 0.6) is 11.8 Å². The topological polar surface area (TPSA) is 85.4 Å². The summed E-state index contributed by atoms with van der Waals surface area (Å²) in [6, 6.07) is 3.89. The highest BCUT2D eigenvalue weighted by Gasteiger charge is 2.30. The number of hydrogen-bond acceptors (Lipinski definition) is 5. The second-order valence-corrected chi connectivity index (χ2v) is 6.64. The molecule has 2 aromatic rings. The average Bonchev–Trinajstić information content (AvgIpc) is 2.69. The third kappa shape index (κ3) is 5.72. The number of aromatic nitrogens is 2. The summed E-state index contributed by atoms with van der Waals surface area (Å²) in [6.07, 6.45) is 1.21. The molecule has 7 nitrogen and oxygen atoms in total. The van der Waals surface area contributed by atoms with E-state index in [2.05, 4.69) is 20.6 Å². The Bertz CT molecular complexity index is 839. The van der Waals surface area contributed by atoms with E-state index in [4.69, 9.17) is 9.47 Å². The van der Waals surface area contributed by atoms with E-state index in [-0.39, 0.29) is 17.8 Å². The minimum absolute atomic E-state index is 0.0785. The van der Waals surface area contributed by atoms with Crippen LogP contribution >= 0.6 is 0 Å². The number of halogens is 3. The maximum Gasteiger partial charge on any atom is 0.416 e. The number of methoxy groups -OCH3 is 1. The van der Waals surface area contributed by atoms with Crippen LogP contribution in [-0.2, 0) is 6.18 Å². The standard InChI is InChI=1S/C19H21F3N4O3/c1-28-16-17(24-10-9-23-16)29-15-7-5-13(6-8-15)25-18(27)26-14-4-2-3-12(11-14)19(20,21)22/h2-4,9-11,13,15H,5-8H2,1H3,(H2,25,26,27). The van der Waals surface area contributed by atoms with E-state index in [0.717, 1.165) is 12.1 Å². The van der Waals surface area contributed by atoms with Gasteiger partial charge in [0, 0.05) is 24.1 Å². The maximum absolute atomic E-state index is 12.8. The molecule has 0 saturated heterocycles. The lowest BCUT2D eigenvalue weighted by molar-refractivity contribution is -0.137. The van der Waals surface area contributed by atoms with Crippen LogP contribution in [0.15, 0.2) is 36.7 Å². The molecule has 2 N–H and O–H groups in total. The van der Waals surface area contributed by atoms with Crippen molar-refractivity contribution in [1.82, 2.24) is 15.3 Å². The molecule has 0 spiro atoms. The Kier molecular flexibility index (Phi) is 6.40. The zero-order valence-corrected chi connectivity index (χ0v) is 15.7. The molecule has 0 atom stereocenters. The van der Waals surface area contributed by atoms with E-state index in [0.29, 0.717) is 37.4 Å². The van der Waals surface area contributed by atoms with Crippen LogP contribution in [0.25, 0.3) is 0 Å². The summed E-state index contributed by atoms with van der Waals surface area (Å²) >= 11 is 0. The van der Waals surface area contributed by atoms with Gasteiger partial charge in [-0.25, -0.2) is 14.8 Å². The molecule has 29 heavy (non-hydrogen) atoms. The van der Waals surface area contributed by atoms with Crippen molar-refractivity contribution in [3.8, 4) is 11.8 Å². The maximum atomic E-state index is 12.8. The van der Waals surface area contributed by atoms with E-state index >= 15 is 0 Å². The molecule has 1 saturated carbocycles. The molecule has 0 bridgehead atoms. The summed E-state index contributed by atoms with van der Waals surface area (Å²) < 4.78 is 49.2. The Labute approximate surface area is 165 Å². The predicted molar refractivity (Wildman–Crippen MR) is 98.9 cm³/mol. The summed E-state index contributed by atoms with van der Waals surface area (Å²) in [4.78, 5) is 20.3. The first kappa shape index (κ1) is 20.7. The van der Waals surface area contributed by atoms with Crippen molar-refractivity contribution in [3.63, 3.8) is 0 Å². The van der Waals surface area contributed by atoms with Crippen molar-refractivity contribution in [1.29, 1.82) is 0 Å². The second kappa shape index (κ2) is 8.97. The number of rotatable bonds is 5. The van der Waals surface area contributed by atoms with Gasteiger partial charge >= 0.3 is 12.2 Å². The van der Waals surface area contributed by atoms with Gasteiger partial charge in [-0.3, -0.25) is 0 Å². The number of benzene rings is 1. The first-order valence-electron chi connectivity index (χ1n) is 9.11. The smallest absolute Gasteiger partial charge is 0.416 e. The molecule has 1 aromatic carbocycles. The SMILES string of the molecule is COc1nccnc1OC1CCC(NC(=O)Nc2cccc(C(F)(F)F)c2)CC1. The number of urea groups is 1. The molecule has 0 unspecified atom stereocenters. The van der Waals surface area contributed by atoms with Gasteiger partial charge in [-0.15, -0.1) is 0 Å². The quantitative estimate of drug-likeness (QED) is 0.778. The summed E-state index contributed by atoms with van der Waals surface area (Å²) in [5.74, 6) is 0.641. The van der Waals surface area contributed by atoms with Crippen LogP contribution in [0.3, 0.4) is 0 Å². The van der Waals surface area contributed by atoms with Gasteiger partial charge in [0.1, 0.15) is 6.10 Å². The first-order chi connectivity index (χ1) is 13.8. The van der Waals surface area contributed by atoms with Gasteiger partial charge in [-0.05, 0) is 43.9 Å². The minimum atomic E-state index is -4.46. The fourth-order valence-corrected chi connectivity index (χ4v) is 3.14. The number of hydrogen-bond donors (Lipinski definition) is 2. The third-order valence-corrected chi connectivity index (χ3v) is 4.56. The molecule has 3 rings (SSSR count). The highest BCUT2D eigenvalue weighted by atomic mass is 19.4. The van der Waals surface area contributed by atoms with E-state index < -0.39 is 17.8 Å². The number of nitrogens with one attached hydrogen (secondary N) is 2. The lowest BCUT2D eigenvalue weighted by atomic mass is 9.93. The highest BCUT2D eigenvalue weighted by molar-refractivity contribution is 5.89. The zero-order chi connectivity index (χ0) is 20.9. The zero-order valence-electron chi connectivity index (χ0n) is 15.7. The lowest BCUT2D eigenvalue weighted by Gasteiger charge is -2.29. The van der Waals surface area contributed by atoms with Crippen molar-refractivity contribution < 1.29 is 27.4 Å². The molecular weight excluding hydrogens is 389 g/mol. The summed E-state index contributed by atoms with van der Waals surface area (Å²) in [7, 11) is 1.49. The van der Waals surface area contributed by atoms with Crippen LogP contribution in [0.1, 0.15) is 31.2 Å². The van der Waals surface area contributed by atoms with Crippen molar-refractivity contribution in [3.05, 3.63) is 42.2 Å². The van der Waals surface area contributed by atoms with Gasteiger partial charge in [0.25, 0.3) is 11.8 Å². The van der Waals surface area contributed by atoms with Gasteiger partial charge in [0.15, 0.2) is 0 Å². The Morgan fingerprint density at radius 2 is 1.79 bits per heavy atom. The first-order valence-corrected chi connectivity index (χ1v) is 9.11. The number of anilines is 1. The molecule has 0 radical (unpaired) electrons.